The van der Waals surface area contributed by atoms with Crippen molar-refractivity contribution < 1.29 is 13.2 Å². The van der Waals surface area contributed by atoms with Crippen LogP contribution < -0.4 is 10.0 Å². The minimum Gasteiger partial charge on any atom is -0.380 e. The molecular formula is C10H22N2O3S. The molecule has 5 nitrogen and oxygen atoms in total. The molecule has 0 radical (unpaired) electrons. The maximum atomic E-state index is 11.7. The van der Waals surface area contributed by atoms with Crippen LogP contribution in [0.5, 0.6) is 0 Å². The normalized spacial score (nSPS) is 22.2. The van der Waals surface area contributed by atoms with Gasteiger partial charge in [0.25, 0.3) is 0 Å². The van der Waals surface area contributed by atoms with E-state index in [0.29, 0.717) is 13.0 Å². The number of ether oxygens (including phenoxy) is 1. The molecule has 0 aromatic heterocycles. The van der Waals surface area contributed by atoms with Gasteiger partial charge in [-0.15, -0.1) is 0 Å². The predicted octanol–water partition coefficient (Wildman–Crippen LogP) is 0.0844. The van der Waals surface area contributed by atoms with Crippen molar-refractivity contribution in [3.8, 4) is 0 Å². The summed E-state index contributed by atoms with van der Waals surface area (Å²) >= 11 is 0. The standard InChI is InChI=1S/C10H22N2O3S/c1-2-11-6-4-8-16(13,14)12-10-5-3-7-15-9-10/h10-12H,2-9H2,1H3. The van der Waals surface area contributed by atoms with Gasteiger partial charge in [-0.3, -0.25) is 0 Å². The zero-order chi connectivity index (χ0) is 11.9. The Hall–Kier alpha value is -0.170. The molecule has 1 rings (SSSR count). The van der Waals surface area contributed by atoms with E-state index in [1.807, 2.05) is 6.92 Å². The summed E-state index contributed by atoms with van der Waals surface area (Å²) in [6, 6.07) is -0.0297. The van der Waals surface area contributed by atoms with E-state index in [4.69, 9.17) is 4.74 Å². The molecule has 1 aliphatic heterocycles. The van der Waals surface area contributed by atoms with Gasteiger partial charge in [0.2, 0.25) is 10.0 Å². The molecule has 1 aliphatic rings. The van der Waals surface area contributed by atoms with E-state index in [1.165, 1.54) is 0 Å². The first-order valence-electron chi connectivity index (χ1n) is 5.92. The third-order valence-electron chi connectivity index (χ3n) is 2.52. The highest BCUT2D eigenvalue weighted by molar-refractivity contribution is 7.89. The first-order valence-corrected chi connectivity index (χ1v) is 7.58. The SMILES string of the molecule is CCNCCCS(=O)(=O)NC1CCCOC1. The molecule has 1 unspecified atom stereocenters. The minimum absolute atomic E-state index is 0.0297. The van der Waals surface area contributed by atoms with Crippen LogP contribution in [0.1, 0.15) is 26.2 Å². The number of sulfonamides is 1. The van der Waals surface area contributed by atoms with Crippen LogP contribution in [0.15, 0.2) is 0 Å². The average Bonchev–Trinajstić information content (AvgIpc) is 2.25. The highest BCUT2D eigenvalue weighted by atomic mass is 32.2. The fraction of sp³-hybridized carbons (Fsp3) is 1.00. The van der Waals surface area contributed by atoms with Crippen molar-refractivity contribution in [3.63, 3.8) is 0 Å². The van der Waals surface area contributed by atoms with Crippen molar-refractivity contribution in [2.45, 2.75) is 32.2 Å². The smallest absolute Gasteiger partial charge is 0.211 e. The number of hydrogen-bond acceptors (Lipinski definition) is 4. The molecule has 2 N–H and O–H groups in total. The van der Waals surface area contributed by atoms with Crippen LogP contribution in [0, 0.1) is 0 Å². The van der Waals surface area contributed by atoms with Gasteiger partial charge in [-0.1, -0.05) is 6.92 Å². The zero-order valence-electron chi connectivity index (χ0n) is 9.87. The van der Waals surface area contributed by atoms with Gasteiger partial charge in [0.15, 0.2) is 0 Å². The molecule has 16 heavy (non-hydrogen) atoms. The third kappa shape index (κ3) is 5.79. The molecule has 1 atom stereocenters. The lowest BCUT2D eigenvalue weighted by molar-refractivity contribution is 0.0774. The van der Waals surface area contributed by atoms with E-state index in [9.17, 15) is 8.42 Å². The second-order valence-corrected chi connectivity index (χ2v) is 5.93. The van der Waals surface area contributed by atoms with Gasteiger partial charge in [-0.05, 0) is 32.4 Å². The van der Waals surface area contributed by atoms with Crippen molar-refractivity contribution in [1.29, 1.82) is 0 Å². The quantitative estimate of drug-likeness (QED) is 0.628. The van der Waals surface area contributed by atoms with Crippen LogP contribution in [-0.2, 0) is 14.8 Å². The summed E-state index contributed by atoms with van der Waals surface area (Å²) in [4.78, 5) is 0. The lowest BCUT2D eigenvalue weighted by atomic mass is 10.1. The Bertz CT molecular complexity index is 274. The highest BCUT2D eigenvalue weighted by Crippen LogP contribution is 2.07. The molecule has 1 fully saturated rings. The van der Waals surface area contributed by atoms with Crippen LogP contribution in [0.25, 0.3) is 0 Å². The molecule has 0 bridgehead atoms. The number of rotatable bonds is 7. The third-order valence-corrected chi connectivity index (χ3v) is 4.04. The number of hydrogen-bond donors (Lipinski definition) is 2. The van der Waals surface area contributed by atoms with Crippen LogP contribution >= 0.6 is 0 Å². The van der Waals surface area contributed by atoms with E-state index >= 15 is 0 Å². The van der Waals surface area contributed by atoms with E-state index in [0.717, 1.165) is 32.5 Å². The zero-order valence-corrected chi connectivity index (χ0v) is 10.7. The Morgan fingerprint density at radius 2 is 2.25 bits per heavy atom. The molecule has 0 amide bonds. The average molecular weight is 250 g/mol. The fourth-order valence-corrected chi connectivity index (χ4v) is 3.05. The summed E-state index contributed by atoms with van der Waals surface area (Å²) in [5, 5.41) is 3.11. The first kappa shape index (κ1) is 13.9. The van der Waals surface area contributed by atoms with Gasteiger partial charge in [0, 0.05) is 12.6 Å². The van der Waals surface area contributed by atoms with Gasteiger partial charge >= 0.3 is 0 Å². The van der Waals surface area contributed by atoms with E-state index < -0.39 is 10.0 Å². The van der Waals surface area contributed by atoms with Gasteiger partial charge in [0.05, 0.1) is 12.4 Å². The van der Waals surface area contributed by atoms with E-state index in [1.54, 1.807) is 0 Å². The Morgan fingerprint density at radius 1 is 1.44 bits per heavy atom. The molecule has 6 heteroatoms. The highest BCUT2D eigenvalue weighted by Gasteiger charge is 2.19. The number of nitrogens with one attached hydrogen (secondary N) is 2. The summed E-state index contributed by atoms with van der Waals surface area (Å²) in [6.07, 6.45) is 2.47. The maximum Gasteiger partial charge on any atom is 0.211 e. The molecule has 0 aromatic carbocycles. The Kier molecular flexibility index (Phi) is 6.26. The summed E-state index contributed by atoms with van der Waals surface area (Å²) < 4.78 is 31.3. The predicted molar refractivity (Wildman–Crippen MR) is 63.9 cm³/mol. The maximum absolute atomic E-state index is 11.7. The summed E-state index contributed by atoms with van der Waals surface area (Å²) in [7, 11) is -3.13. The monoisotopic (exact) mass is 250 g/mol. The van der Waals surface area contributed by atoms with E-state index in [2.05, 4.69) is 10.0 Å². The topological polar surface area (TPSA) is 67.4 Å². The molecule has 0 aliphatic carbocycles. The molecule has 0 saturated carbocycles. The van der Waals surface area contributed by atoms with Crippen LogP contribution in [-0.4, -0.2) is 46.5 Å². The fourth-order valence-electron chi connectivity index (χ4n) is 1.71. The minimum atomic E-state index is -3.13. The van der Waals surface area contributed by atoms with Gasteiger partial charge in [-0.25, -0.2) is 13.1 Å². The lowest BCUT2D eigenvalue weighted by Crippen LogP contribution is -2.41. The Labute approximate surface area is 98.0 Å². The van der Waals surface area contributed by atoms with Crippen molar-refractivity contribution in [2.24, 2.45) is 0 Å². The summed E-state index contributed by atoms with van der Waals surface area (Å²) in [6.45, 7) is 4.89. The second kappa shape index (κ2) is 7.21. The molecule has 1 saturated heterocycles. The second-order valence-electron chi connectivity index (χ2n) is 4.06. The Balaban J connectivity index is 2.22. The summed E-state index contributed by atoms with van der Waals surface area (Å²) in [5.41, 5.74) is 0. The molecule has 96 valence electrons. The van der Waals surface area contributed by atoms with Crippen molar-refractivity contribution in [2.75, 3.05) is 32.1 Å². The largest absolute Gasteiger partial charge is 0.380 e. The Morgan fingerprint density at radius 3 is 2.88 bits per heavy atom. The van der Waals surface area contributed by atoms with Gasteiger partial charge in [-0.2, -0.15) is 0 Å². The molecule has 1 heterocycles. The van der Waals surface area contributed by atoms with Crippen LogP contribution in [0.2, 0.25) is 0 Å². The first-order chi connectivity index (χ1) is 7.64. The molecule has 0 spiro atoms. The van der Waals surface area contributed by atoms with Crippen LogP contribution in [0.3, 0.4) is 0 Å². The van der Waals surface area contributed by atoms with Crippen LogP contribution in [0.4, 0.5) is 0 Å². The lowest BCUT2D eigenvalue weighted by Gasteiger charge is -2.22. The molecular weight excluding hydrogens is 228 g/mol. The summed E-state index contributed by atoms with van der Waals surface area (Å²) in [5.74, 6) is 0.191. The van der Waals surface area contributed by atoms with E-state index in [-0.39, 0.29) is 11.8 Å². The van der Waals surface area contributed by atoms with Gasteiger partial charge in [0.1, 0.15) is 0 Å². The molecule has 0 aromatic rings. The van der Waals surface area contributed by atoms with Crippen molar-refractivity contribution in [1.82, 2.24) is 10.0 Å². The van der Waals surface area contributed by atoms with Crippen molar-refractivity contribution in [3.05, 3.63) is 0 Å². The van der Waals surface area contributed by atoms with Crippen molar-refractivity contribution >= 4 is 10.0 Å². The van der Waals surface area contributed by atoms with Gasteiger partial charge < -0.3 is 10.1 Å².